The molecule has 0 bridgehead atoms. The van der Waals surface area contributed by atoms with E-state index in [1.807, 2.05) is 25.1 Å². The number of likely N-dealkylation sites (N-methyl/N-ethyl adjacent to an activating group) is 1. The van der Waals surface area contributed by atoms with Gasteiger partial charge in [0.25, 0.3) is 11.8 Å². The van der Waals surface area contributed by atoms with Crippen LogP contribution in [-0.2, 0) is 13.5 Å². The van der Waals surface area contributed by atoms with Crippen molar-refractivity contribution in [2.75, 3.05) is 39.8 Å². The molecule has 0 atom stereocenters. The molecule has 1 aliphatic heterocycles. The molecule has 4 aromatic rings. The first-order chi connectivity index (χ1) is 23.7. The number of aryl methyl sites for hydroxylation is 2. The Bertz CT molecular complexity index is 1730. The van der Waals surface area contributed by atoms with Crippen molar-refractivity contribution in [2.24, 2.45) is 7.05 Å². The molecule has 6 rings (SSSR count). The van der Waals surface area contributed by atoms with Crippen molar-refractivity contribution in [3.8, 4) is 22.8 Å². The van der Waals surface area contributed by atoms with E-state index in [0.717, 1.165) is 68.2 Å². The van der Waals surface area contributed by atoms with Gasteiger partial charge in [-0.25, -0.2) is 9.37 Å². The Morgan fingerprint density at radius 3 is 2.33 bits per heavy atom. The number of halogens is 1. The lowest BCUT2D eigenvalue weighted by atomic mass is 9.91. The predicted octanol–water partition coefficient (Wildman–Crippen LogP) is 5.37. The summed E-state index contributed by atoms with van der Waals surface area (Å²) >= 11 is 0. The maximum absolute atomic E-state index is 14.3. The number of aromatic nitrogens is 3. The number of hydrogen-bond acceptors (Lipinski definition) is 7. The summed E-state index contributed by atoms with van der Waals surface area (Å²) in [5.74, 6) is -0.724. The van der Waals surface area contributed by atoms with E-state index in [1.54, 1.807) is 23.9 Å². The average Bonchev–Trinajstić information content (AvgIpc) is 3.30. The Morgan fingerprint density at radius 1 is 0.878 bits per heavy atom. The number of benzene rings is 2. The molecule has 1 aliphatic carbocycles. The van der Waals surface area contributed by atoms with Gasteiger partial charge < -0.3 is 25.2 Å². The Kier molecular flexibility index (Phi) is 11.0. The standard InChI is InChI=1S/C38H46FN7O3/c1-26-22-35(43-45(26)3)37(48)42-32-14-12-31(13-15-32)41-36(47)34-24-30(39)25-40-38(34)49-33-7-4-6-29(23-33)28-10-8-27(9-11-28)16-19-46-18-5-17-44(2)20-21-46/h4,6-11,22-25,31-32H,5,12-21H2,1-3H3,(H,41,47)(H,42,48). The maximum Gasteiger partial charge on any atom is 0.272 e. The fourth-order valence-corrected chi connectivity index (χ4v) is 6.57. The third-order valence-corrected chi connectivity index (χ3v) is 9.67. The van der Waals surface area contributed by atoms with Crippen molar-refractivity contribution >= 4 is 11.8 Å². The van der Waals surface area contributed by atoms with E-state index in [-0.39, 0.29) is 29.4 Å². The zero-order valence-electron chi connectivity index (χ0n) is 28.6. The highest BCUT2D eigenvalue weighted by molar-refractivity contribution is 5.96. The number of hydrogen-bond donors (Lipinski definition) is 2. The second-order valence-electron chi connectivity index (χ2n) is 13.4. The summed E-state index contributed by atoms with van der Waals surface area (Å²) in [7, 11) is 4.00. The van der Waals surface area contributed by atoms with E-state index >= 15 is 0 Å². The van der Waals surface area contributed by atoms with Crippen LogP contribution < -0.4 is 15.4 Å². The average molecular weight is 668 g/mol. The van der Waals surface area contributed by atoms with Crippen molar-refractivity contribution in [3.05, 3.63) is 95.2 Å². The van der Waals surface area contributed by atoms with Gasteiger partial charge in [-0.3, -0.25) is 14.3 Å². The molecule has 3 heterocycles. The molecule has 2 amide bonds. The number of nitrogens with one attached hydrogen (secondary N) is 2. The molecule has 10 nitrogen and oxygen atoms in total. The Labute approximate surface area is 287 Å². The summed E-state index contributed by atoms with van der Waals surface area (Å²) in [6.07, 6.45) is 6.04. The van der Waals surface area contributed by atoms with Crippen LogP contribution in [0.25, 0.3) is 11.1 Å². The van der Waals surface area contributed by atoms with Crippen molar-refractivity contribution in [3.63, 3.8) is 0 Å². The number of pyridine rings is 1. The molecule has 1 saturated heterocycles. The molecule has 2 N–H and O–H groups in total. The first-order valence-corrected chi connectivity index (χ1v) is 17.3. The molecule has 49 heavy (non-hydrogen) atoms. The Hall–Kier alpha value is -4.61. The molecule has 1 saturated carbocycles. The van der Waals surface area contributed by atoms with Gasteiger partial charge in [0, 0.05) is 44.5 Å². The first-order valence-electron chi connectivity index (χ1n) is 17.3. The van der Waals surface area contributed by atoms with Crippen LogP contribution in [-0.4, -0.2) is 88.2 Å². The van der Waals surface area contributed by atoms with Gasteiger partial charge in [-0.1, -0.05) is 36.4 Å². The minimum atomic E-state index is -0.620. The zero-order chi connectivity index (χ0) is 34.3. The minimum absolute atomic E-state index is 0.00659. The van der Waals surface area contributed by atoms with E-state index in [0.29, 0.717) is 37.1 Å². The summed E-state index contributed by atoms with van der Waals surface area (Å²) in [6, 6.07) is 19.0. The number of carbonyl (C=O) groups is 2. The fourth-order valence-electron chi connectivity index (χ4n) is 6.57. The Morgan fingerprint density at radius 2 is 1.61 bits per heavy atom. The SMILES string of the molecule is Cc1cc(C(=O)NC2CCC(NC(=O)c3cc(F)cnc3Oc3cccc(-c4ccc(CCN5CCCN(C)CC5)cc4)c3)CC2)nn1C. The number of rotatable bonds is 10. The molecular formula is C38H46FN7O3. The van der Waals surface area contributed by atoms with Gasteiger partial charge in [0.15, 0.2) is 0 Å². The van der Waals surface area contributed by atoms with Gasteiger partial charge in [-0.2, -0.15) is 5.10 Å². The molecule has 0 spiro atoms. The smallest absolute Gasteiger partial charge is 0.272 e. The van der Waals surface area contributed by atoms with Gasteiger partial charge in [0.2, 0.25) is 5.88 Å². The third-order valence-electron chi connectivity index (χ3n) is 9.67. The highest BCUT2D eigenvalue weighted by Crippen LogP contribution is 2.29. The molecule has 0 unspecified atom stereocenters. The van der Waals surface area contributed by atoms with Crippen LogP contribution in [0.3, 0.4) is 0 Å². The normalized spacial score (nSPS) is 18.9. The minimum Gasteiger partial charge on any atom is -0.438 e. The lowest BCUT2D eigenvalue weighted by molar-refractivity contribution is 0.0887. The number of carbonyl (C=O) groups excluding carboxylic acids is 2. The van der Waals surface area contributed by atoms with Crippen LogP contribution in [0.4, 0.5) is 4.39 Å². The van der Waals surface area contributed by atoms with E-state index in [2.05, 4.69) is 61.8 Å². The Balaban J connectivity index is 1.04. The van der Waals surface area contributed by atoms with Crippen molar-refractivity contribution in [1.82, 2.24) is 35.2 Å². The molecule has 2 aromatic carbocycles. The topological polar surface area (TPSA) is 105 Å². The number of nitrogens with zero attached hydrogens (tertiary/aromatic N) is 5. The lowest BCUT2D eigenvalue weighted by Crippen LogP contribution is -2.44. The van der Waals surface area contributed by atoms with Crippen molar-refractivity contribution < 1.29 is 18.7 Å². The van der Waals surface area contributed by atoms with Gasteiger partial charge in [-0.15, -0.1) is 0 Å². The van der Waals surface area contributed by atoms with Crippen molar-refractivity contribution in [2.45, 2.75) is 57.5 Å². The van der Waals surface area contributed by atoms with E-state index in [1.165, 1.54) is 12.0 Å². The van der Waals surface area contributed by atoms with Crippen LogP contribution in [0.2, 0.25) is 0 Å². The van der Waals surface area contributed by atoms with E-state index in [4.69, 9.17) is 4.74 Å². The fraction of sp³-hybridized carbons (Fsp3) is 0.421. The molecule has 2 aliphatic rings. The molecular weight excluding hydrogens is 621 g/mol. The van der Waals surface area contributed by atoms with Crippen LogP contribution in [0.5, 0.6) is 11.6 Å². The quantitative estimate of drug-likeness (QED) is 0.234. The monoisotopic (exact) mass is 667 g/mol. The zero-order valence-corrected chi connectivity index (χ0v) is 28.6. The van der Waals surface area contributed by atoms with Crippen LogP contribution >= 0.6 is 0 Å². The highest BCUT2D eigenvalue weighted by atomic mass is 19.1. The maximum atomic E-state index is 14.3. The van der Waals surface area contributed by atoms with Gasteiger partial charge in [0.05, 0.1) is 6.20 Å². The molecule has 258 valence electrons. The summed E-state index contributed by atoms with van der Waals surface area (Å²) in [6.45, 7) is 7.51. The highest BCUT2D eigenvalue weighted by Gasteiger charge is 2.26. The first kappa shape index (κ1) is 34.3. The molecule has 11 heteroatoms. The number of ether oxygens (including phenoxy) is 1. The molecule has 0 radical (unpaired) electrons. The molecule has 2 fully saturated rings. The van der Waals surface area contributed by atoms with Crippen LogP contribution in [0.1, 0.15) is 64.2 Å². The summed E-state index contributed by atoms with van der Waals surface area (Å²) in [5.41, 5.74) is 4.66. The predicted molar refractivity (Wildman–Crippen MR) is 187 cm³/mol. The summed E-state index contributed by atoms with van der Waals surface area (Å²) in [5, 5.41) is 10.3. The summed E-state index contributed by atoms with van der Waals surface area (Å²) < 4.78 is 22.1. The number of amides is 2. The second kappa shape index (κ2) is 15.7. The largest absolute Gasteiger partial charge is 0.438 e. The van der Waals surface area contributed by atoms with E-state index in [9.17, 15) is 14.0 Å². The van der Waals surface area contributed by atoms with Crippen molar-refractivity contribution in [1.29, 1.82) is 0 Å². The summed E-state index contributed by atoms with van der Waals surface area (Å²) in [4.78, 5) is 35.1. The van der Waals surface area contributed by atoms with E-state index < -0.39 is 11.7 Å². The lowest BCUT2D eigenvalue weighted by Gasteiger charge is -2.29. The van der Waals surface area contributed by atoms with Crippen LogP contribution in [0, 0.1) is 12.7 Å². The second-order valence-corrected chi connectivity index (χ2v) is 13.4. The third kappa shape index (κ3) is 9.10. The van der Waals surface area contributed by atoms with Gasteiger partial charge in [0.1, 0.15) is 22.8 Å². The van der Waals surface area contributed by atoms with Crippen LogP contribution in [0.15, 0.2) is 66.9 Å². The van der Waals surface area contributed by atoms with Gasteiger partial charge in [-0.05, 0) is 107 Å². The molecule has 2 aromatic heterocycles. The van der Waals surface area contributed by atoms with Gasteiger partial charge >= 0.3 is 0 Å².